The Labute approximate surface area is 102 Å². The van der Waals surface area contributed by atoms with E-state index in [-0.39, 0.29) is 5.82 Å². The van der Waals surface area contributed by atoms with Gasteiger partial charge in [0, 0.05) is 5.02 Å². The van der Waals surface area contributed by atoms with Gasteiger partial charge in [-0.15, -0.1) is 0 Å². The lowest BCUT2D eigenvalue weighted by molar-refractivity contribution is 0.481. The first-order valence-corrected chi connectivity index (χ1v) is 5.29. The number of ether oxygens (including phenoxy) is 1. The first kappa shape index (κ1) is 11.2. The summed E-state index contributed by atoms with van der Waals surface area (Å²) < 4.78 is 18.1. The Hall–Kier alpha value is -1.25. The lowest BCUT2D eigenvalue weighted by Gasteiger charge is -2.07. The summed E-state index contributed by atoms with van der Waals surface area (Å²) in [5.41, 5.74) is 0. The van der Waals surface area contributed by atoms with E-state index in [0.717, 1.165) is 0 Å². The number of hydrogen-bond acceptors (Lipinski definition) is 1. The molecule has 0 N–H and O–H groups in total. The first-order valence-electron chi connectivity index (χ1n) is 4.53. The van der Waals surface area contributed by atoms with Crippen LogP contribution in [0.15, 0.2) is 42.5 Å². The molecular weight excluding hydrogens is 250 g/mol. The number of benzene rings is 2. The SMILES string of the molecule is Fc1ccc(Oc2ccc(Cl)cc2Cl)cc1. The van der Waals surface area contributed by atoms with Crippen molar-refractivity contribution >= 4 is 23.2 Å². The fourth-order valence-electron chi connectivity index (χ4n) is 1.19. The van der Waals surface area contributed by atoms with E-state index in [4.69, 9.17) is 27.9 Å². The Kier molecular flexibility index (Phi) is 3.32. The molecule has 0 unspecified atom stereocenters. The van der Waals surface area contributed by atoms with Crippen LogP contribution in [0.3, 0.4) is 0 Å². The van der Waals surface area contributed by atoms with Gasteiger partial charge in [-0.05, 0) is 42.5 Å². The maximum Gasteiger partial charge on any atom is 0.146 e. The minimum absolute atomic E-state index is 0.311. The molecule has 0 aliphatic carbocycles. The van der Waals surface area contributed by atoms with Gasteiger partial charge in [-0.1, -0.05) is 23.2 Å². The third-order valence-electron chi connectivity index (χ3n) is 1.94. The second-order valence-electron chi connectivity index (χ2n) is 3.13. The molecule has 0 bridgehead atoms. The van der Waals surface area contributed by atoms with Crippen molar-refractivity contribution < 1.29 is 9.13 Å². The van der Waals surface area contributed by atoms with Crippen LogP contribution < -0.4 is 4.74 Å². The lowest BCUT2D eigenvalue weighted by atomic mass is 10.3. The fraction of sp³-hybridized carbons (Fsp3) is 0. The summed E-state index contributed by atoms with van der Waals surface area (Å²) in [6.07, 6.45) is 0. The molecule has 0 amide bonds. The highest BCUT2D eigenvalue weighted by Gasteiger charge is 2.03. The zero-order chi connectivity index (χ0) is 11.5. The largest absolute Gasteiger partial charge is 0.456 e. The average molecular weight is 257 g/mol. The maximum atomic E-state index is 12.7. The Morgan fingerprint density at radius 2 is 1.62 bits per heavy atom. The van der Waals surface area contributed by atoms with Crippen LogP contribution in [-0.4, -0.2) is 0 Å². The Morgan fingerprint density at radius 1 is 0.938 bits per heavy atom. The summed E-state index contributed by atoms with van der Waals surface area (Å²) in [6, 6.07) is 10.6. The topological polar surface area (TPSA) is 9.23 Å². The molecule has 0 aromatic heterocycles. The van der Waals surface area contributed by atoms with Crippen molar-refractivity contribution in [3.8, 4) is 11.5 Å². The van der Waals surface area contributed by atoms with E-state index in [1.54, 1.807) is 18.2 Å². The summed E-state index contributed by atoms with van der Waals surface area (Å²) in [7, 11) is 0. The van der Waals surface area contributed by atoms with Gasteiger partial charge in [-0.3, -0.25) is 0 Å². The Balaban J connectivity index is 2.23. The van der Waals surface area contributed by atoms with E-state index >= 15 is 0 Å². The molecule has 0 aliphatic heterocycles. The molecule has 4 heteroatoms. The zero-order valence-corrected chi connectivity index (χ0v) is 9.60. The molecule has 0 radical (unpaired) electrons. The third kappa shape index (κ3) is 2.65. The molecule has 2 aromatic carbocycles. The molecule has 2 rings (SSSR count). The minimum Gasteiger partial charge on any atom is -0.456 e. The van der Waals surface area contributed by atoms with Crippen LogP contribution in [0.5, 0.6) is 11.5 Å². The fourth-order valence-corrected chi connectivity index (χ4v) is 1.63. The minimum atomic E-state index is -0.311. The molecule has 0 aliphatic rings. The van der Waals surface area contributed by atoms with Crippen LogP contribution in [0.4, 0.5) is 4.39 Å². The van der Waals surface area contributed by atoms with E-state index in [1.807, 2.05) is 0 Å². The van der Waals surface area contributed by atoms with Crippen LogP contribution in [0, 0.1) is 5.82 Å². The first-order chi connectivity index (χ1) is 7.65. The second-order valence-corrected chi connectivity index (χ2v) is 3.97. The van der Waals surface area contributed by atoms with Crippen molar-refractivity contribution in [1.82, 2.24) is 0 Å². The van der Waals surface area contributed by atoms with E-state index in [0.29, 0.717) is 21.5 Å². The molecule has 82 valence electrons. The average Bonchev–Trinajstić information content (AvgIpc) is 2.25. The van der Waals surface area contributed by atoms with Gasteiger partial charge in [0.1, 0.15) is 17.3 Å². The molecule has 0 atom stereocenters. The highest BCUT2D eigenvalue weighted by atomic mass is 35.5. The third-order valence-corrected chi connectivity index (χ3v) is 2.47. The van der Waals surface area contributed by atoms with Gasteiger partial charge in [0.25, 0.3) is 0 Å². The van der Waals surface area contributed by atoms with Crippen LogP contribution in [0.25, 0.3) is 0 Å². The van der Waals surface area contributed by atoms with Crippen molar-refractivity contribution in [3.05, 3.63) is 58.3 Å². The highest BCUT2D eigenvalue weighted by molar-refractivity contribution is 6.35. The predicted octanol–water partition coefficient (Wildman–Crippen LogP) is 4.92. The zero-order valence-electron chi connectivity index (χ0n) is 8.08. The summed E-state index contributed by atoms with van der Waals surface area (Å²) in [4.78, 5) is 0. The Bertz CT molecular complexity index is 497. The van der Waals surface area contributed by atoms with Gasteiger partial charge < -0.3 is 4.74 Å². The van der Waals surface area contributed by atoms with Crippen molar-refractivity contribution in [3.63, 3.8) is 0 Å². The van der Waals surface area contributed by atoms with Crippen molar-refractivity contribution in [2.24, 2.45) is 0 Å². The van der Waals surface area contributed by atoms with Crippen molar-refractivity contribution in [1.29, 1.82) is 0 Å². The molecule has 16 heavy (non-hydrogen) atoms. The summed E-state index contributed by atoms with van der Waals surface area (Å²) >= 11 is 11.7. The second kappa shape index (κ2) is 4.73. The van der Waals surface area contributed by atoms with E-state index < -0.39 is 0 Å². The van der Waals surface area contributed by atoms with Crippen LogP contribution in [0.1, 0.15) is 0 Å². The lowest BCUT2D eigenvalue weighted by Crippen LogP contribution is -1.85. The van der Waals surface area contributed by atoms with Crippen LogP contribution >= 0.6 is 23.2 Å². The normalized spacial score (nSPS) is 10.2. The predicted molar refractivity (Wildman–Crippen MR) is 62.9 cm³/mol. The van der Waals surface area contributed by atoms with Crippen molar-refractivity contribution in [2.75, 3.05) is 0 Å². The van der Waals surface area contributed by atoms with Crippen molar-refractivity contribution in [2.45, 2.75) is 0 Å². The number of rotatable bonds is 2. The van der Waals surface area contributed by atoms with Gasteiger partial charge in [0.05, 0.1) is 5.02 Å². The summed E-state index contributed by atoms with van der Waals surface area (Å²) in [5, 5.41) is 0.952. The standard InChI is InChI=1S/C12H7Cl2FO/c13-8-1-6-12(11(14)7-8)16-10-4-2-9(15)3-5-10/h1-7H. The van der Waals surface area contributed by atoms with E-state index in [2.05, 4.69) is 0 Å². The van der Waals surface area contributed by atoms with Gasteiger partial charge in [-0.2, -0.15) is 0 Å². The van der Waals surface area contributed by atoms with Crippen LogP contribution in [-0.2, 0) is 0 Å². The molecule has 0 saturated carbocycles. The molecule has 0 heterocycles. The molecular formula is C12H7Cl2FO. The van der Waals surface area contributed by atoms with E-state index in [1.165, 1.54) is 24.3 Å². The molecule has 0 fully saturated rings. The maximum absolute atomic E-state index is 12.7. The smallest absolute Gasteiger partial charge is 0.146 e. The highest BCUT2D eigenvalue weighted by Crippen LogP contribution is 2.31. The summed E-state index contributed by atoms with van der Waals surface area (Å²) in [6.45, 7) is 0. The van der Waals surface area contributed by atoms with Gasteiger partial charge in [-0.25, -0.2) is 4.39 Å². The van der Waals surface area contributed by atoms with E-state index in [9.17, 15) is 4.39 Å². The Morgan fingerprint density at radius 3 is 2.25 bits per heavy atom. The number of halogens is 3. The van der Waals surface area contributed by atoms with Gasteiger partial charge >= 0.3 is 0 Å². The molecule has 2 aromatic rings. The molecule has 1 nitrogen and oxygen atoms in total. The quantitative estimate of drug-likeness (QED) is 0.741. The number of hydrogen-bond donors (Lipinski definition) is 0. The van der Waals surface area contributed by atoms with Gasteiger partial charge in [0.2, 0.25) is 0 Å². The molecule has 0 saturated heterocycles. The van der Waals surface area contributed by atoms with Crippen LogP contribution in [0.2, 0.25) is 10.0 Å². The summed E-state index contributed by atoms with van der Waals surface area (Å²) in [5.74, 6) is 0.692. The molecule has 0 spiro atoms. The van der Waals surface area contributed by atoms with Gasteiger partial charge in [0.15, 0.2) is 0 Å². The monoisotopic (exact) mass is 256 g/mol.